The number of rotatable bonds is 3. The summed E-state index contributed by atoms with van der Waals surface area (Å²) in [7, 11) is 0. The highest BCUT2D eigenvalue weighted by Crippen LogP contribution is 2.44. The maximum atomic E-state index is 13.2. The van der Waals surface area contributed by atoms with Crippen molar-refractivity contribution >= 4 is 21.8 Å². The zero-order valence-corrected chi connectivity index (χ0v) is 10.6. The monoisotopic (exact) mass is 285 g/mol. The molecule has 0 bridgehead atoms. The first-order chi connectivity index (χ1) is 7.50. The normalized spacial score (nSPS) is 16.9. The number of carbonyl (C=O) groups is 1. The van der Waals surface area contributed by atoms with Crippen LogP contribution in [0.1, 0.15) is 30.1 Å². The van der Waals surface area contributed by atoms with E-state index in [0.717, 1.165) is 12.8 Å². The minimum absolute atomic E-state index is 0.209. The summed E-state index contributed by atoms with van der Waals surface area (Å²) >= 11 is 3.05. The van der Waals surface area contributed by atoms with Gasteiger partial charge in [-0.1, -0.05) is 6.92 Å². The van der Waals surface area contributed by atoms with E-state index in [0.29, 0.717) is 16.6 Å². The van der Waals surface area contributed by atoms with Gasteiger partial charge in [0.15, 0.2) is 0 Å². The average molecular weight is 286 g/mol. The van der Waals surface area contributed by atoms with Gasteiger partial charge in [-0.15, -0.1) is 0 Å². The third-order valence-electron chi connectivity index (χ3n) is 2.96. The first-order valence-corrected chi connectivity index (χ1v) is 6.03. The highest BCUT2D eigenvalue weighted by molar-refractivity contribution is 9.10. The van der Waals surface area contributed by atoms with Gasteiger partial charge in [0.05, 0.1) is 4.47 Å². The third kappa shape index (κ3) is 2.61. The number of halogens is 2. The molecule has 0 spiro atoms. The molecule has 2 nitrogen and oxygen atoms in total. The Hall–Kier alpha value is -0.900. The van der Waals surface area contributed by atoms with Gasteiger partial charge in [-0.05, 0) is 52.4 Å². The summed E-state index contributed by atoms with van der Waals surface area (Å²) in [6, 6.07) is 4.40. The van der Waals surface area contributed by atoms with Gasteiger partial charge in [-0.2, -0.15) is 0 Å². The largest absolute Gasteiger partial charge is 0.351 e. The van der Waals surface area contributed by atoms with Crippen LogP contribution in [0, 0.1) is 11.2 Å². The lowest BCUT2D eigenvalue weighted by Gasteiger charge is -2.10. The lowest BCUT2D eigenvalue weighted by Crippen LogP contribution is -2.29. The summed E-state index contributed by atoms with van der Waals surface area (Å²) in [5.74, 6) is -0.621. The minimum Gasteiger partial charge on any atom is -0.351 e. The molecule has 2 rings (SSSR count). The van der Waals surface area contributed by atoms with Crippen molar-refractivity contribution in [3.05, 3.63) is 34.1 Å². The lowest BCUT2D eigenvalue weighted by molar-refractivity contribution is 0.0945. The fourth-order valence-corrected chi connectivity index (χ4v) is 1.67. The van der Waals surface area contributed by atoms with Crippen LogP contribution in [0.2, 0.25) is 0 Å². The molecule has 4 heteroatoms. The highest BCUT2D eigenvalue weighted by Gasteiger charge is 2.37. The summed E-state index contributed by atoms with van der Waals surface area (Å²) in [6.07, 6.45) is 2.31. The lowest BCUT2D eigenvalue weighted by atomic mass is 10.1. The zero-order valence-electron chi connectivity index (χ0n) is 9.02. The molecule has 0 atom stereocenters. The van der Waals surface area contributed by atoms with Gasteiger partial charge in [0.2, 0.25) is 0 Å². The second kappa shape index (κ2) is 4.17. The molecule has 0 aliphatic heterocycles. The Labute approximate surface area is 102 Å². The van der Waals surface area contributed by atoms with Crippen molar-refractivity contribution in [1.29, 1.82) is 0 Å². The van der Waals surface area contributed by atoms with E-state index in [-0.39, 0.29) is 11.3 Å². The van der Waals surface area contributed by atoms with Crippen LogP contribution in [-0.4, -0.2) is 12.5 Å². The molecular formula is C12H13BrFNO. The molecule has 1 amide bonds. The highest BCUT2D eigenvalue weighted by atomic mass is 79.9. The van der Waals surface area contributed by atoms with E-state index in [4.69, 9.17) is 0 Å². The quantitative estimate of drug-likeness (QED) is 0.908. The van der Waals surface area contributed by atoms with Crippen LogP contribution in [0.4, 0.5) is 4.39 Å². The van der Waals surface area contributed by atoms with Crippen LogP contribution in [-0.2, 0) is 0 Å². The second-order valence-corrected chi connectivity index (χ2v) is 5.48. The summed E-state index contributed by atoms with van der Waals surface area (Å²) < 4.78 is 13.6. The maximum Gasteiger partial charge on any atom is 0.251 e. The molecule has 1 aliphatic rings. The molecule has 1 aliphatic carbocycles. The molecule has 0 unspecified atom stereocenters. The molecule has 1 N–H and O–H groups in total. The van der Waals surface area contributed by atoms with E-state index < -0.39 is 5.82 Å². The molecule has 86 valence electrons. The van der Waals surface area contributed by atoms with Crippen LogP contribution in [0.25, 0.3) is 0 Å². The SMILES string of the molecule is CC1(CNC(=O)c2ccc(Br)c(F)c2)CC1. The topological polar surface area (TPSA) is 29.1 Å². The Morgan fingerprint density at radius 3 is 2.81 bits per heavy atom. The predicted octanol–water partition coefficient (Wildman–Crippen LogP) is 3.12. The van der Waals surface area contributed by atoms with Crippen molar-refractivity contribution in [3.8, 4) is 0 Å². The molecule has 1 fully saturated rings. The van der Waals surface area contributed by atoms with Gasteiger partial charge in [0.1, 0.15) is 5.82 Å². The van der Waals surface area contributed by atoms with Crippen LogP contribution in [0.15, 0.2) is 22.7 Å². The Morgan fingerprint density at radius 2 is 2.25 bits per heavy atom. The Morgan fingerprint density at radius 1 is 1.56 bits per heavy atom. The summed E-state index contributed by atoms with van der Waals surface area (Å²) in [4.78, 5) is 11.7. The number of nitrogens with one attached hydrogen (secondary N) is 1. The van der Waals surface area contributed by atoms with Gasteiger partial charge >= 0.3 is 0 Å². The van der Waals surface area contributed by atoms with E-state index in [1.807, 2.05) is 0 Å². The van der Waals surface area contributed by atoms with Crippen LogP contribution >= 0.6 is 15.9 Å². The van der Waals surface area contributed by atoms with Gasteiger partial charge in [0.25, 0.3) is 5.91 Å². The van der Waals surface area contributed by atoms with Gasteiger partial charge < -0.3 is 5.32 Å². The number of amides is 1. The van der Waals surface area contributed by atoms with Crippen molar-refractivity contribution in [3.63, 3.8) is 0 Å². The molecule has 0 aromatic heterocycles. The van der Waals surface area contributed by atoms with Gasteiger partial charge in [-0.25, -0.2) is 4.39 Å². The first-order valence-electron chi connectivity index (χ1n) is 5.23. The van der Waals surface area contributed by atoms with E-state index in [1.54, 1.807) is 12.1 Å². The molecule has 16 heavy (non-hydrogen) atoms. The maximum absolute atomic E-state index is 13.2. The van der Waals surface area contributed by atoms with Crippen molar-refractivity contribution < 1.29 is 9.18 Å². The summed E-state index contributed by atoms with van der Waals surface area (Å²) in [6.45, 7) is 2.80. The number of carbonyl (C=O) groups excluding carboxylic acids is 1. The van der Waals surface area contributed by atoms with Gasteiger partial charge in [-0.3, -0.25) is 4.79 Å². The molecule has 1 aromatic rings. The Balaban J connectivity index is 2.00. The van der Waals surface area contributed by atoms with Crippen LogP contribution in [0.5, 0.6) is 0 Å². The number of hydrogen-bond acceptors (Lipinski definition) is 1. The molecule has 0 heterocycles. The van der Waals surface area contributed by atoms with Crippen molar-refractivity contribution in [1.82, 2.24) is 5.32 Å². The van der Waals surface area contributed by atoms with Crippen molar-refractivity contribution in [2.75, 3.05) is 6.54 Å². The molecule has 1 saturated carbocycles. The standard InChI is InChI=1S/C12H13BrFNO/c1-12(4-5-12)7-15-11(16)8-2-3-9(13)10(14)6-8/h2-3,6H,4-5,7H2,1H3,(H,15,16). The fourth-order valence-electron chi connectivity index (χ4n) is 1.42. The second-order valence-electron chi connectivity index (χ2n) is 4.62. The van der Waals surface area contributed by atoms with E-state index >= 15 is 0 Å². The van der Waals surface area contributed by atoms with E-state index in [2.05, 4.69) is 28.2 Å². The Kier molecular flexibility index (Phi) is 3.02. The average Bonchev–Trinajstić information content (AvgIpc) is 2.98. The number of benzene rings is 1. The first kappa shape index (κ1) is 11.6. The van der Waals surface area contributed by atoms with E-state index in [1.165, 1.54) is 6.07 Å². The predicted molar refractivity (Wildman–Crippen MR) is 63.8 cm³/mol. The third-order valence-corrected chi connectivity index (χ3v) is 3.60. The van der Waals surface area contributed by atoms with Crippen molar-refractivity contribution in [2.45, 2.75) is 19.8 Å². The minimum atomic E-state index is -0.412. The zero-order chi connectivity index (χ0) is 11.8. The smallest absolute Gasteiger partial charge is 0.251 e. The molecule has 1 aromatic carbocycles. The molecular weight excluding hydrogens is 273 g/mol. The Bertz CT molecular complexity index is 429. The fraction of sp³-hybridized carbons (Fsp3) is 0.417. The summed E-state index contributed by atoms with van der Waals surface area (Å²) in [5.41, 5.74) is 0.633. The molecule has 0 radical (unpaired) electrons. The molecule has 0 saturated heterocycles. The van der Waals surface area contributed by atoms with Crippen molar-refractivity contribution in [2.24, 2.45) is 5.41 Å². The number of hydrogen-bond donors (Lipinski definition) is 1. The van der Waals surface area contributed by atoms with Crippen LogP contribution < -0.4 is 5.32 Å². The van der Waals surface area contributed by atoms with Crippen LogP contribution in [0.3, 0.4) is 0 Å². The van der Waals surface area contributed by atoms with E-state index in [9.17, 15) is 9.18 Å². The summed E-state index contributed by atoms with van der Waals surface area (Å²) in [5, 5.41) is 2.83. The van der Waals surface area contributed by atoms with Gasteiger partial charge in [0, 0.05) is 12.1 Å².